The minimum absolute atomic E-state index is 0.0294. The first-order valence-electron chi connectivity index (χ1n) is 10.4. The summed E-state index contributed by atoms with van der Waals surface area (Å²) in [7, 11) is -3.99. The fourth-order valence-corrected chi connectivity index (χ4v) is 4.66. The molecule has 0 aliphatic carbocycles. The molecule has 1 amide bonds. The van der Waals surface area contributed by atoms with E-state index in [1.807, 2.05) is 43.3 Å². The van der Waals surface area contributed by atoms with Crippen LogP contribution in [0.2, 0.25) is 0 Å². The maximum Gasteiger partial charge on any atom is 0.265 e. The van der Waals surface area contributed by atoms with Gasteiger partial charge in [0, 0.05) is 15.6 Å². The highest BCUT2D eigenvalue weighted by Gasteiger charge is 2.21. The van der Waals surface area contributed by atoms with Crippen LogP contribution >= 0.6 is 15.9 Å². The van der Waals surface area contributed by atoms with Crippen LogP contribution in [0.15, 0.2) is 76.1 Å². The Labute approximate surface area is 198 Å². The van der Waals surface area contributed by atoms with Crippen LogP contribution in [-0.2, 0) is 16.4 Å². The molecule has 3 aromatic rings. The number of benzene rings is 3. The van der Waals surface area contributed by atoms with Crippen LogP contribution in [0.25, 0.3) is 11.1 Å². The van der Waals surface area contributed by atoms with E-state index in [9.17, 15) is 13.2 Å². The van der Waals surface area contributed by atoms with E-state index >= 15 is 0 Å². The van der Waals surface area contributed by atoms with Crippen molar-refractivity contribution >= 4 is 31.9 Å². The number of para-hydroxylation sites is 1. The van der Waals surface area contributed by atoms with E-state index in [-0.39, 0.29) is 10.8 Å². The van der Waals surface area contributed by atoms with Gasteiger partial charge in [0.25, 0.3) is 15.9 Å². The maximum atomic E-state index is 13.0. The number of rotatable bonds is 8. The molecular weight excluding hydrogens is 490 g/mol. The molecule has 168 valence electrons. The Morgan fingerprint density at radius 3 is 2.38 bits per heavy atom. The van der Waals surface area contributed by atoms with Crippen molar-refractivity contribution in [2.75, 3.05) is 6.61 Å². The van der Waals surface area contributed by atoms with Gasteiger partial charge in [-0.2, -0.15) is 0 Å². The summed E-state index contributed by atoms with van der Waals surface area (Å²) in [6, 6.07) is 19.3. The van der Waals surface area contributed by atoms with Crippen LogP contribution in [0, 0.1) is 5.92 Å². The molecule has 0 saturated heterocycles. The second kappa shape index (κ2) is 10.3. The van der Waals surface area contributed by atoms with E-state index in [4.69, 9.17) is 4.74 Å². The summed E-state index contributed by atoms with van der Waals surface area (Å²) in [5.74, 6) is 0.399. The third-order valence-electron chi connectivity index (χ3n) is 4.83. The van der Waals surface area contributed by atoms with Crippen molar-refractivity contribution in [3.63, 3.8) is 0 Å². The van der Waals surface area contributed by atoms with Gasteiger partial charge in [0.2, 0.25) is 0 Å². The summed E-state index contributed by atoms with van der Waals surface area (Å²) in [5.41, 5.74) is 2.97. The van der Waals surface area contributed by atoms with Gasteiger partial charge in [0.15, 0.2) is 0 Å². The Hall–Kier alpha value is -2.64. The molecule has 0 saturated carbocycles. The van der Waals surface area contributed by atoms with Crippen molar-refractivity contribution in [2.45, 2.75) is 32.1 Å². The summed E-state index contributed by atoms with van der Waals surface area (Å²) in [4.78, 5) is 13.0. The van der Waals surface area contributed by atoms with Gasteiger partial charge < -0.3 is 4.74 Å². The van der Waals surface area contributed by atoms with Crippen LogP contribution in [-0.4, -0.2) is 20.9 Å². The van der Waals surface area contributed by atoms with Crippen molar-refractivity contribution in [2.24, 2.45) is 5.92 Å². The molecule has 0 heterocycles. The van der Waals surface area contributed by atoms with Gasteiger partial charge in [-0.1, -0.05) is 60.1 Å². The van der Waals surface area contributed by atoms with Crippen LogP contribution < -0.4 is 9.46 Å². The Kier molecular flexibility index (Phi) is 7.74. The molecule has 7 heteroatoms. The van der Waals surface area contributed by atoms with E-state index in [2.05, 4.69) is 34.5 Å². The molecule has 3 aromatic carbocycles. The van der Waals surface area contributed by atoms with Gasteiger partial charge in [-0.3, -0.25) is 4.79 Å². The van der Waals surface area contributed by atoms with Crippen molar-refractivity contribution in [1.82, 2.24) is 4.72 Å². The summed E-state index contributed by atoms with van der Waals surface area (Å²) >= 11 is 3.28. The van der Waals surface area contributed by atoms with Crippen molar-refractivity contribution in [3.05, 3.63) is 82.3 Å². The zero-order valence-corrected chi connectivity index (χ0v) is 20.7. The number of sulfonamides is 1. The molecule has 0 aromatic heterocycles. The molecule has 0 unspecified atom stereocenters. The third-order valence-corrected chi connectivity index (χ3v) is 6.70. The molecule has 0 fully saturated rings. The zero-order valence-electron chi connectivity index (χ0n) is 18.3. The van der Waals surface area contributed by atoms with Gasteiger partial charge in [0.1, 0.15) is 5.75 Å². The van der Waals surface area contributed by atoms with Crippen LogP contribution in [0.1, 0.15) is 36.7 Å². The van der Waals surface area contributed by atoms with Crippen molar-refractivity contribution in [1.29, 1.82) is 0 Å². The highest BCUT2D eigenvalue weighted by Crippen LogP contribution is 2.32. The summed E-state index contributed by atoms with van der Waals surface area (Å²) < 4.78 is 34.1. The van der Waals surface area contributed by atoms with Crippen LogP contribution in [0.4, 0.5) is 0 Å². The lowest BCUT2D eigenvalue weighted by Crippen LogP contribution is -2.31. The number of carbonyl (C=O) groups is 1. The molecule has 0 aliphatic heterocycles. The molecule has 1 N–H and O–H groups in total. The lowest BCUT2D eigenvalue weighted by molar-refractivity contribution is 0.0980. The van der Waals surface area contributed by atoms with E-state index in [0.29, 0.717) is 18.6 Å². The Morgan fingerprint density at radius 1 is 1.03 bits per heavy atom. The number of hydrogen-bond donors (Lipinski definition) is 1. The van der Waals surface area contributed by atoms with Gasteiger partial charge in [-0.15, -0.1) is 0 Å². The molecule has 0 spiro atoms. The van der Waals surface area contributed by atoms with E-state index in [0.717, 1.165) is 26.9 Å². The molecular formula is C25H26BrNO4S. The minimum atomic E-state index is -3.99. The molecule has 0 radical (unpaired) electrons. The summed E-state index contributed by atoms with van der Waals surface area (Å²) in [6.07, 6.45) is 0.631. The zero-order chi connectivity index (χ0) is 23.3. The Balaban J connectivity index is 1.97. The topological polar surface area (TPSA) is 72.5 Å². The van der Waals surface area contributed by atoms with Crippen molar-refractivity contribution in [3.8, 4) is 16.9 Å². The molecule has 5 nitrogen and oxygen atoms in total. The quantitative estimate of drug-likeness (QED) is 0.409. The van der Waals surface area contributed by atoms with Crippen LogP contribution in [0.3, 0.4) is 0 Å². The molecule has 0 bridgehead atoms. The fourth-order valence-electron chi connectivity index (χ4n) is 3.43. The Morgan fingerprint density at radius 2 is 1.72 bits per heavy atom. The third kappa shape index (κ3) is 5.78. The van der Waals surface area contributed by atoms with Crippen molar-refractivity contribution < 1.29 is 17.9 Å². The minimum Gasteiger partial charge on any atom is -0.493 e. The van der Waals surface area contributed by atoms with E-state index in [1.165, 1.54) is 12.1 Å². The second-order valence-electron chi connectivity index (χ2n) is 7.79. The largest absolute Gasteiger partial charge is 0.493 e. The first kappa shape index (κ1) is 24.0. The molecule has 32 heavy (non-hydrogen) atoms. The predicted molar refractivity (Wildman–Crippen MR) is 130 cm³/mol. The average Bonchev–Trinajstić information content (AvgIpc) is 2.74. The number of hydrogen-bond acceptors (Lipinski definition) is 4. The van der Waals surface area contributed by atoms with Gasteiger partial charge in [-0.05, 0) is 66.8 Å². The monoisotopic (exact) mass is 515 g/mol. The first-order valence-corrected chi connectivity index (χ1v) is 12.7. The fraction of sp³-hybridized carbons (Fsp3) is 0.240. The highest BCUT2D eigenvalue weighted by molar-refractivity contribution is 9.10. The average molecular weight is 516 g/mol. The van der Waals surface area contributed by atoms with E-state index in [1.54, 1.807) is 18.2 Å². The standard InChI is InChI=1S/C25H26BrNO4S/c1-4-31-24-8-6-5-7-22(24)18-9-14-23(19(16-18)15-17(2)3)25(28)27-32(29,30)21-12-10-20(26)11-13-21/h5-14,16-17H,4,15H2,1-3H3,(H,27,28). The molecule has 0 aliphatic rings. The lowest BCUT2D eigenvalue weighted by Gasteiger charge is -2.16. The highest BCUT2D eigenvalue weighted by atomic mass is 79.9. The SMILES string of the molecule is CCOc1ccccc1-c1ccc(C(=O)NS(=O)(=O)c2ccc(Br)cc2)c(CC(C)C)c1. The van der Waals surface area contributed by atoms with E-state index < -0.39 is 15.9 Å². The lowest BCUT2D eigenvalue weighted by atomic mass is 9.93. The molecule has 0 atom stereocenters. The summed E-state index contributed by atoms with van der Waals surface area (Å²) in [6.45, 7) is 6.59. The number of halogens is 1. The van der Waals surface area contributed by atoms with Gasteiger partial charge in [0.05, 0.1) is 11.5 Å². The Bertz CT molecular complexity index is 1200. The number of carbonyl (C=O) groups excluding carboxylic acids is 1. The molecule has 3 rings (SSSR count). The van der Waals surface area contributed by atoms with Gasteiger partial charge in [-0.25, -0.2) is 13.1 Å². The number of amides is 1. The first-order chi connectivity index (χ1) is 15.2. The second-order valence-corrected chi connectivity index (χ2v) is 10.4. The summed E-state index contributed by atoms with van der Waals surface area (Å²) in [5, 5.41) is 0. The van der Waals surface area contributed by atoms with Crippen LogP contribution in [0.5, 0.6) is 5.75 Å². The number of ether oxygens (including phenoxy) is 1. The number of nitrogens with one attached hydrogen (secondary N) is 1. The maximum absolute atomic E-state index is 13.0. The smallest absolute Gasteiger partial charge is 0.265 e. The predicted octanol–water partition coefficient (Wildman–Crippen LogP) is 5.83. The normalized spacial score (nSPS) is 11.4. The van der Waals surface area contributed by atoms with Gasteiger partial charge >= 0.3 is 0 Å².